The van der Waals surface area contributed by atoms with Gasteiger partial charge < -0.3 is 21.9 Å². The Morgan fingerprint density at radius 1 is 1.08 bits per heavy atom. The molecule has 0 aliphatic heterocycles. The maximum atomic E-state index is 12.3. The van der Waals surface area contributed by atoms with Crippen LogP contribution in [0.15, 0.2) is 53.5 Å². The number of rotatable bonds is 8. The number of aryl methyl sites for hydroxylation is 1. The van der Waals surface area contributed by atoms with Gasteiger partial charge in [-0.2, -0.15) is 0 Å². The lowest BCUT2D eigenvalue weighted by molar-refractivity contribution is -0.136. The van der Waals surface area contributed by atoms with Crippen molar-refractivity contribution in [3.8, 4) is 0 Å². The number of carboxylic acid groups (broad SMARTS) is 1. The lowest BCUT2D eigenvalue weighted by Gasteiger charge is -2.07. The molecule has 130 valence electrons. The molecule has 0 heterocycles. The van der Waals surface area contributed by atoms with Crippen molar-refractivity contribution in [2.75, 3.05) is 11.9 Å². The molecule has 0 atom stereocenters. The zero-order chi connectivity index (χ0) is 18.2. The SMILES string of the molecule is NC(N)=Nc1cccc(C(=O)CNc2ccc(CCC(=O)O)cc2)c1. The Kier molecular flexibility index (Phi) is 6.11. The maximum absolute atomic E-state index is 12.3. The van der Waals surface area contributed by atoms with E-state index in [1.54, 1.807) is 24.3 Å². The number of hydrogen-bond donors (Lipinski definition) is 4. The van der Waals surface area contributed by atoms with Crippen LogP contribution in [0.4, 0.5) is 11.4 Å². The minimum atomic E-state index is -0.823. The van der Waals surface area contributed by atoms with Crippen LogP contribution < -0.4 is 16.8 Å². The fourth-order valence-electron chi connectivity index (χ4n) is 2.22. The van der Waals surface area contributed by atoms with Gasteiger partial charge in [-0.1, -0.05) is 24.3 Å². The number of aliphatic carboxylic acids is 1. The van der Waals surface area contributed by atoms with Crippen LogP contribution in [0.1, 0.15) is 22.3 Å². The third-order valence-corrected chi connectivity index (χ3v) is 3.46. The van der Waals surface area contributed by atoms with Crippen LogP contribution in [-0.2, 0) is 11.2 Å². The van der Waals surface area contributed by atoms with Crippen molar-refractivity contribution in [1.82, 2.24) is 0 Å². The van der Waals surface area contributed by atoms with Crippen LogP contribution >= 0.6 is 0 Å². The van der Waals surface area contributed by atoms with Gasteiger partial charge in [-0.25, -0.2) is 4.99 Å². The normalized spacial score (nSPS) is 10.1. The van der Waals surface area contributed by atoms with E-state index in [9.17, 15) is 9.59 Å². The number of aliphatic imine (C=N–C) groups is 1. The molecule has 0 unspecified atom stereocenters. The number of Topliss-reactive ketones (excluding diaryl/α,β-unsaturated/α-hetero) is 1. The summed E-state index contributed by atoms with van der Waals surface area (Å²) in [4.78, 5) is 26.7. The summed E-state index contributed by atoms with van der Waals surface area (Å²) < 4.78 is 0. The summed E-state index contributed by atoms with van der Waals surface area (Å²) in [6, 6.07) is 14.1. The summed E-state index contributed by atoms with van der Waals surface area (Å²) in [7, 11) is 0. The largest absolute Gasteiger partial charge is 0.481 e. The van der Waals surface area contributed by atoms with E-state index in [1.165, 1.54) is 0 Å². The quantitative estimate of drug-likeness (QED) is 0.330. The predicted octanol–water partition coefficient (Wildman–Crippen LogP) is 1.90. The highest BCUT2D eigenvalue weighted by Crippen LogP contribution is 2.15. The molecule has 7 heteroatoms. The molecule has 0 aliphatic carbocycles. The van der Waals surface area contributed by atoms with Crippen molar-refractivity contribution in [3.63, 3.8) is 0 Å². The number of hydrogen-bond acceptors (Lipinski definition) is 4. The van der Waals surface area contributed by atoms with Gasteiger partial charge >= 0.3 is 5.97 Å². The molecule has 6 N–H and O–H groups in total. The fourth-order valence-corrected chi connectivity index (χ4v) is 2.22. The first-order valence-corrected chi connectivity index (χ1v) is 7.71. The van der Waals surface area contributed by atoms with Gasteiger partial charge in [-0.15, -0.1) is 0 Å². The van der Waals surface area contributed by atoms with Crippen LogP contribution in [0.25, 0.3) is 0 Å². The molecular formula is C18H20N4O3. The van der Waals surface area contributed by atoms with Gasteiger partial charge in [0.15, 0.2) is 11.7 Å². The number of nitrogens with two attached hydrogens (primary N) is 2. The maximum Gasteiger partial charge on any atom is 0.303 e. The second kappa shape index (κ2) is 8.49. The lowest BCUT2D eigenvalue weighted by Crippen LogP contribution is -2.22. The highest BCUT2D eigenvalue weighted by atomic mass is 16.4. The monoisotopic (exact) mass is 340 g/mol. The van der Waals surface area contributed by atoms with E-state index in [0.717, 1.165) is 11.3 Å². The smallest absolute Gasteiger partial charge is 0.303 e. The molecule has 7 nitrogen and oxygen atoms in total. The molecule has 0 saturated heterocycles. The zero-order valence-electron chi connectivity index (χ0n) is 13.6. The van der Waals surface area contributed by atoms with E-state index in [2.05, 4.69) is 10.3 Å². The van der Waals surface area contributed by atoms with Crippen molar-refractivity contribution in [3.05, 3.63) is 59.7 Å². The van der Waals surface area contributed by atoms with E-state index in [0.29, 0.717) is 17.7 Å². The van der Waals surface area contributed by atoms with Crippen molar-refractivity contribution in [2.45, 2.75) is 12.8 Å². The number of ketones is 1. The second-order valence-corrected chi connectivity index (χ2v) is 5.45. The van der Waals surface area contributed by atoms with E-state index in [4.69, 9.17) is 16.6 Å². The summed E-state index contributed by atoms with van der Waals surface area (Å²) in [6.07, 6.45) is 0.573. The Morgan fingerprint density at radius 3 is 2.44 bits per heavy atom. The van der Waals surface area contributed by atoms with Gasteiger partial charge in [-0.3, -0.25) is 9.59 Å². The lowest BCUT2D eigenvalue weighted by atomic mass is 10.1. The van der Waals surface area contributed by atoms with Crippen LogP contribution in [0.2, 0.25) is 0 Å². The Hall–Kier alpha value is -3.35. The minimum absolute atomic E-state index is 0.0642. The van der Waals surface area contributed by atoms with Gasteiger partial charge in [-0.05, 0) is 36.2 Å². The first kappa shape index (κ1) is 18.0. The van der Waals surface area contributed by atoms with E-state index in [-0.39, 0.29) is 24.7 Å². The first-order valence-electron chi connectivity index (χ1n) is 7.71. The summed E-state index contributed by atoms with van der Waals surface area (Å²) >= 11 is 0. The summed E-state index contributed by atoms with van der Waals surface area (Å²) in [5.41, 5.74) is 13.4. The number of anilines is 1. The van der Waals surface area contributed by atoms with Crippen molar-refractivity contribution < 1.29 is 14.7 Å². The number of carbonyl (C=O) groups is 2. The molecule has 0 amide bonds. The number of carbonyl (C=O) groups excluding carboxylic acids is 1. The predicted molar refractivity (Wildman–Crippen MR) is 97.1 cm³/mol. The number of nitrogens with zero attached hydrogens (tertiary/aromatic N) is 1. The van der Waals surface area contributed by atoms with Gasteiger partial charge in [0.1, 0.15) is 0 Å². The molecule has 0 bridgehead atoms. The number of carboxylic acids is 1. The van der Waals surface area contributed by atoms with Crippen LogP contribution in [0.3, 0.4) is 0 Å². The number of nitrogens with one attached hydrogen (secondary N) is 1. The Morgan fingerprint density at radius 2 is 1.80 bits per heavy atom. The number of benzene rings is 2. The van der Waals surface area contributed by atoms with Gasteiger partial charge in [0.2, 0.25) is 0 Å². The molecule has 0 fully saturated rings. The first-order chi connectivity index (χ1) is 11.9. The van der Waals surface area contributed by atoms with Crippen molar-refractivity contribution >= 4 is 29.1 Å². The van der Waals surface area contributed by atoms with Gasteiger partial charge in [0.25, 0.3) is 0 Å². The molecule has 2 aromatic carbocycles. The molecule has 25 heavy (non-hydrogen) atoms. The van der Waals surface area contributed by atoms with Crippen LogP contribution in [0.5, 0.6) is 0 Å². The minimum Gasteiger partial charge on any atom is -0.481 e. The Bertz CT molecular complexity index is 781. The molecule has 0 aliphatic rings. The zero-order valence-corrected chi connectivity index (χ0v) is 13.6. The van der Waals surface area contributed by atoms with Gasteiger partial charge in [0, 0.05) is 17.7 Å². The van der Waals surface area contributed by atoms with E-state index in [1.807, 2.05) is 24.3 Å². The Labute approximate surface area is 145 Å². The summed E-state index contributed by atoms with van der Waals surface area (Å²) in [6.45, 7) is 0.125. The van der Waals surface area contributed by atoms with Crippen molar-refractivity contribution in [1.29, 1.82) is 0 Å². The highest BCUT2D eigenvalue weighted by molar-refractivity contribution is 5.99. The van der Waals surface area contributed by atoms with E-state index < -0.39 is 5.97 Å². The Balaban J connectivity index is 1.93. The summed E-state index contributed by atoms with van der Waals surface area (Å²) in [5.74, 6) is -0.982. The average molecular weight is 340 g/mol. The second-order valence-electron chi connectivity index (χ2n) is 5.45. The summed E-state index contributed by atoms with van der Waals surface area (Å²) in [5, 5.41) is 11.7. The third-order valence-electron chi connectivity index (χ3n) is 3.46. The van der Waals surface area contributed by atoms with E-state index >= 15 is 0 Å². The highest BCUT2D eigenvalue weighted by Gasteiger charge is 2.07. The molecule has 2 aromatic rings. The molecule has 0 saturated carbocycles. The van der Waals surface area contributed by atoms with Crippen LogP contribution in [-0.4, -0.2) is 29.4 Å². The molecular weight excluding hydrogens is 320 g/mol. The van der Waals surface area contributed by atoms with Crippen molar-refractivity contribution in [2.24, 2.45) is 16.5 Å². The molecule has 0 radical (unpaired) electrons. The molecule has 2 rings (SSSR count). The third kappa shape index (κ3) is 5.98. The topological polar surface area (TPSA) is 131 Å². The van der Waals surface area contributed by atoms with Gasteiger partial charge in [0.05, 0.1) is 12.2 Å². The number of guanidine groups is 1. The van der Waals surface area contributed by atoms with Crippen LogP contribution in [0, 0.1) is 0 Å². The average Bonchev–Trinajstić information content (AvgIpc) is 2.58. The molecule has 0 aromatic heterocycles. The molecule has 0 spiro atoms. The standard InChI is InChI=1S/C18H20N4O3/c19-18(20)22-15-3-1-2-13(10-15)16(23)11-21-14-7-4-12(5-8-14)6-9-17(24)25/h1-5,7-8,10,21H,6,9,11H2,(H,24,25)(H4,19,20,22). The fraction of sp³-hybridized carbons (Fsp3) is 0.167.